The van der Waals surface area contributed by atoms with Crippen LogP contribution in [0, 0.1) is 0 Å². The smallest absolute Gasteiger partial charge is 0.226 e. The highest BCUT2D eigenvalue weighted by atomic mass is 32.1. The van der Waals surface area contributed by atoms with Crippen LogP contribution in [0.1, 0.15) is 18.5 Å². The van der Waals surface area contributed by atoms with Gasteiger partial charge < -0.3 is 15.4 Å². The number of rotatable bonds is 5. The molecule has 1 atom stereocenters. The summed E-state index contributed by atoms with van der Waals surface area (Å²) < 4.78 is 5.44. The highest BCUT2D eigenvalue weighted by Crippen LogP contribution is 2.15. The first kappa shape index (κ1) is 12.3. The van der Waals surface area contributed by atoms with Crippen molar-refractivity contribution in [3.63, 3.8) is 0 Å². The zero-order valence-corrected chi connectivity index (χ0v) is 10.7. The van der Waals surface area contributed by atoms with Gasteiger partial charge in [-0.3, -0.25) is 4.79 Å². The van der Waals surface area contributed by atoms with Gasteiger partial charge in [0.2, 0.25) is 5.91 Å². The number of hydrogen-bond acceptors (Lipinski definition) is 5. The van der Waals surface area contributed by atoms with Crippen molar-refractivity contribution in [1.82, 2.24) is 10.3 Å². The largest absolute Gasteiger partial charge is 0.376 e. The molecule has 1 unspecified atom stereocenters. The van der Waals surface area contributed by atoms with Crippen LogP contribution in [0.25, 0.3) is 0 Å². The van der Waals surface area contributed by atoms with E-state index in [4.69, 9.17) is 4.74 Å². The number of ether oxygens (including phenoxy) is 1. The first-order valence-corrected chi connectivity index (χ1v) is 6.66. The summed E-state index contributed by atoms with van der Waals surface area (Å²) in [5, 5.41) is 8.57. The van der Waals surface area contributed by atoms with Gasteiger partial charge in [-0.05, 0) is 12.8 Å². The Morgan fingerprint density at radius 2 is 2.59 bits per heavy atom. The number of nitrogens with zero attached hydrogens (tertiary/aromatic N) is 1. The fraction of sp³-hybridized carbons (Fsp3) is 0.636. The summed E-state index contributed by atoms with van der Waals surface area (Å²) in [6.45, 7) is 1.43. The van der Waals surface area contributed by atoms with Gasteiger partial charge >= 0.3 is 0 Å². The van der Waals surface area contributed by atoms with Crippen molar-refractivity contribution < 1.29 is 9.53 Å². The highest BCUT2D eigenvalue weighted by molar-refractivity contribution is 7.13. The number of nitrogens with one attached hydrogen (secondary N) is 2. The molecular weight excluding hydrogens is 238 g/mol. The fourth-order valence-electron chi connectivity index (χ4n) is 1.76. The van der Waals surface area contributed by atoms with Crippen molar-refractivity contribution in [2.75, 3.05) is 25.5 Å². The van der Waals surface area contributed by atoms with Crippen LogP contribution in [0.5, 0.6) is 0 Å². The van der Waals surface area contributed by atoms with E-state index in [1.807, 2.05) is 12.4 Å². The van der Waals surface area contributed by atoms with E-state index in [-0.39, 0.29) is 12.0 Å². The van der Waals surface area contributed by atoms with E-state index in [1.54, 1.807) is 0 Å². The molecule has 6 heteroatoms. The molecule has 0 saturated carbocycles. The lowest BCUT2D eigenvalue weighted by molar-refractivity contribution is -0.121. The van der Waals surface area contributed by atoms with Crippen molar-refractivity contribution in [2.24, 2.45) is 0 Å². The molecule has 1 fully saturated rings. The van der Waals surface area contributed by atoms with Gasteiger partial charge in [0.1, 0.15) is 0 Å². The molecule has 1 aliphatic heterocycles. The van der Waals surface area contributed by atoms with Gasteiger partial charge in [-0.2, -0.15) is 0 Å². The maximum atomic E-state index is 11.6. The van der Waals surface area contributed by atoms with E-state index in [1.165, 1.54) is 11.3 Å². The lowest BCUT2D eigenvalue weighted by Crippen LogP contribution is -2.32. The maximum Gasteiger partial charge on any atom is 0.226 e. The molecule has 1 saturated heterocycles. The number of aromatic nitrogens is 1. The first-order valence-electron chi connectivity index (χ1n) is 5.78. The van der Waals surface area contributed by atoms with E-state index in [9.17, 15) is 4.79 Å². The molecule has 2 heterocycles. The van der Waals surface area contributed by atoms with Gasteiger partial charge in [-0.1, -0.05) is 0 Å². The van der Waals surface area contributed by atoms with Crippen molar-refractivity contribution >= 4 is 22.4 Å². The van der Waals surface area contributed by atoms with Crippen LogP contribution >= 0.6 is 11.3 Å². The van der Waals surface area contributed by atoms with Crippen LogP contribution in [0.4, 0.5) is 5.13 Å². The van der Waals surface area contributed by atoms with Crippen molar-refractivity contribution in [1.29, 1.82) is 0 Å². The predicted octanol–water partition coefficient (Wildman–Crippen LogP) is 1.02. The van der Waals surface area contributed by atoms with Crippen LogP contribution in [0.3, 0.4) is 0 Å². The van der Waals surface area contributed by atoms with Crippen molar-refractivity contribution in [3.05, 3.63) is 11.1 Å². The molecule has 0 aromatic carbocycles. The topological polar surface area (TPSA) is 63.2 Å². The van der Waals surface area contributed by atoms with Gasteiger partial charge in [-0.25, -0.2) is 4.98 Å². The van der Waals surface area contributed by atoms with Crippen LogP contribution in [-0.2, 0) is 16.0 Å². The Balaban J connectivity index is 1.72. The van der Waals surface area contributed by atoms with E-state index in [0.29, 0.717) is 13.0 Å². The summed E-state index contributed by atoms with van der Waals surface area (Å²) in [7, 11) is 1.82. The Morgan fingerprint density at radius 3 is 3.24 bits per heavy atom. The van der Waals surface area contributed by atoms with Gasteiger partial charge in [-0.15, -0.1) is 11.3 Å². The number of anilines is 1. The molecule has 94 valence electrons. The zero-order valence-electron chi connectivity index (χ0n) is 9.86. The van der Waals surface area contributed by atoms with Gasteiger partial charge in [0.15, 0.2) is 5.13 Å². The lowest BCUT2D eigenvalue weighted by atomic mass is 10.2. The second-order valence-corrected chi connectivity index (χ2v) is 4.87. The molecule has 17 heavy (non-hydrogen) atoms. The minimum atomic E-state index is 0.00783. The molecule has 0 aliphatic carbocycles. The van der Waals surface area contributed by atoms with Crippen LogP contribution in [0.2, 0.25) is 0 Å². The van der Waals surface area contributed by atoms with E-state index in [2.05, 4.69) is 15.6 Å². The van der Waals surface area contributed by atoms with Gasteiger partial charge in [0.25, 0.3) is 0 Å². The van der Waals surface area contributed by atoms with Crippen molar-refractivity contribution in [3.8, 4) is 0 Å². The minimum absolute atomic E-state index is 0.00783. The SMILES string of the molecule is CNc1nc(CC(=O)NCC2CCCO2)cs1. The highest BCUT2D eigenvalue weighted by Gasteiger charge is 2.16. The van der Waals surface area contributed by atoms with E-state index in [0.717, 1.165) is 30.3 Å². The first-order chi connectivity index (χ1) is 8.28. The standard InChI is InChI=1S/C11H17N3O2S/c1-12-11-14-8(7-17-11)5-10(15)13-6-9-3-2-4-16-9/h7,9H,2-6H2,1H3,(H,12,14)(H,13,15). The molecule has 0 radical (unpaired) electrons. The molecule has 1 aliphatic rings. The van der Waals surface area contributed by atoms with E-state index < -0.39 is 0 Å². The molecule has 2 N–H and O–H groups in total. The molecule has 1 aromatic heterocycles. The zero-order chi connectivity index (χ0) is 12.1. The van der Waals surface area contributed by atoms with Crippen LogP contribution in [-0.4, -0.2) is 37.2 Å². The number of amides is 1. The molecule has 1 amide bonds. The average Bonchev–Trinajstić information content (AvgIpc) is 2.97. The second kappa shape index (κ2) is 5.97. The molecule has 0 bridgehead atoms. The molecule has 0 spiro atoms. The quantitative estimate of drug-likeness (QED) is 0.824. The van der Waals surface area contributed by atoms with E-state index >= 15 is 0 Å². The molecule has 5 nitrogen and oxygen atoms in total. The van der Waals surface area contributed by atoms with Crippen molar-refractivity contribution in [2.45, 2.75) is 25.4 Å². The number of carbonyl (C=O) groups is 1. The Kier molecular flexibility index (Phi) is 4.33. The Labute approximate surface area is 105 Å². The Hall–Kier alpha value is -1.14. The predicted molar refractivity (Wildman–Crippen MR) is 67.3 cm³/mol. The summed E-state index contributed by atoms with van der Waals surface area (Å²) in [5.41, 5.74) is 0.809. The van der Waals surface area contributed by atoms with Crippen LogP contribution in [0.15, 0.2) is 5.38 Å². The maximum absolute atomic E-state index is 11.6. The Morgan fingerprint density at radius 1 is 1.71 bits per heavy atom. The molecule has 1 aromatic rings. The van der Waals surface area contributed by atoms with Gasteiger partial charge in [0, 0.05) is 25.6 Å². The normalized spacial score (nSPS) is 19.2. The summed E-state index contributed by atoms with van der Waals surface area (Å²) >= 11 is 1.51. The Bertz CT molecular complexity index is 375. The van der Waals surface area contributed by atoms with Gasteiger partial charge in [0.05, 0.1) is 18.2 Å². The summed E-state index contributed by atoms with van der Waals surface area (Å²) in [6, 6.07) is 0. The lowest BCUT2D eigenvalue weighted by Gasteiger charge is -2.09. The van der Waals surface area contributed by atoms with Crippen LogP contribution < -0.4 is 10.6 Å². The second-order valence-electron chi connectivity index (χ2n) is 4.01. The molecule has 2 rings (SSSR count). The fourth-order valence-corrected chi connectivity index (χ4v) is 2.43. The third kappa shape index (κ3) is 3.67. The molecular formula is C11H17N3O2S. The third-order valence-corrected chi connectivity index (χ3v) is 3.57. The number of thiazole rings is 1. The average molecular weight is 255 g/mol. The summed E-state index contributed by atoms with van der Waals surface area (Å²) in [5.74, 6) is 0.00783. The minimum Gasteiger partial charge on any atom is -0.376 e. The third-order valence-electron chi connectivity index (χ3n) is 2.66. The monoisotopic (exact) mass is 255 g/mol. The summed E-state index contributed by atoms with van der Waals surface area (Å²) in [6.07, 6.45) is 2.67. The number of hydrogen-bond donors (Lipinski definition) is 2. The summed E-state index contributed by atoms with van der Waals surface area (Å²) in [4.78, 5) is 15.9. The number of carbonyl (C=O) groups excluding carboxylic acids is 1.